The summed E-state index contributed by atoms with van der Waals surface area (Å²) in [5.41, 5.74) is 1.30. The van der Waals surface area contributed by atoms with Crippen molar-refractivity contribution in [3.8, 4) is 0 Å². The van der Waals surface area contributed by atoms with Gasteiger partial charge in [0.25, 0.3) is 5.91 Å². The quantitative estimate of drug-likeness (QED) is 0.867. The number of hydrogen-bond donors (Lipinski definition) is 0. The van der Waals surface area contributed by atoms with E-state index in [0.717, 1.165) is 31.8 Å². The van der Waals surface area contributed by atoms with Crippen LogP contribution in [0.3, 0.4) is 0 Å². The normalized spacial score (nSPS) is 17.3. The highest BCUT2D eigenvalue weighted by Crippen LogP contribution is 2.21. The number of rotatable bonds is 4. The Morgan fingerprint density at radius 1 is 1.55 bits per heavy atom. The zero-order chi connectivity index (χ0) is 15.7. The van der Waals surface area contributed by atoms with E-state index >= 15 is 0 Å². The van der Waals surface area contributed by atoms with Gasteiger partial charge in [-0.2, -0.15) is 0 Å². The molecule has 1 aliphatic heterocycles. The predicted octanol–water partition coefficient (Wildman–Crippen LogP) is 2.08. The largest absolute Gasteiger partial charge is 0.360 e. The third kappa shape index (κ3) is 2.65. The maximum atomic E-state index is 12.7. The molecule has 1 amide bonds. The van der Waals surface area contributed by atoms with Crippen LogP contribution >= 0.6 is 0 Å². The molecule has 0 spiro atoms. The van der Waals surface area contributed by atoms with Gasteiger partial charge in [0.05, 0.1) is 5.69 Å². The van der Waals surface area contributed by atoms with Crippen LogP contribution in [0.5, 0.6) is 0 Å². The maximum Gasteiger partial charge on any atom is 0.259 e. The van der Waals surface area contributed by atoms with Crippen molar-refractivity contribution in [2.75, 3.05) is 13.6 Å². The molecule has 0 N–H and O–H groups in total. The molecular weight excluding hydrogens is 280 g/mol. The third-order valence-electron chi connectivity index (χ3n) is 4.38. The second kappa shape index (κ2) is 5.94. The SMILES string of the molecule is CCc1onc(C)c1C(=O)N(C)C[C@H]1CCc2nccn2C1. The number of aromatic nitrogens is 3. The molecule has 1 aliphatic rings. The first-order valence-corrected chi connectivity index (χ1v) is 7.80. The van der Waals surface area contributed by atoms with E-state index in [0.29, 0.717) is 29.4 Å². The Morgan fingerprint density at radius 3 is 3.14 bits per heavy atom. The summed E-state index contributed by atoms with van der Waals surface area (Å²) < 4.78 is 7.42. The lowest BCUT2D eigenvalue weighted by molar-refractivity contribution is 0.0757. The maximum absolute atomic E-state index is 12.7. The number of amides is 1. The van der Waals surface area contributed by atoms with E-state index in [-0.39, 0.29) is 5.91 Å². The highest BCUT2D eigenvalue weighted by Gasteiger charge is 2.26. The molecule has 6 nitrogen and oxygen atoms in total. The van der Waals surface area contributed by atoms with Crippen molar-refractivity contribution >= 4 is 5.91 Å². The molecule has 118 valence electrons. The van der Waals surface area contributed by atoms with Crippen LogP contribution in [-0.4, -0.2) is 39.1 Å². The van der Waals surface area contributed by atoms with Crippen LogP contribution in [0.1, 0.15) is 41.0 Å². The van der Waals surface area contributed by atoms with Gasteiger partial charge in [0.2, 0.25) is 0 Å². The minimum Gasteiger partial charge on any atom is -0.360 e. The Labute approximate surface area is 130 Å². The van der Waals surface area contributed by atoms with E-state index in [4.69, 9.17) is 4.52 Å². The summed E-state index contributed by atoms with van der Waals surface area (Å²) >= 11 is 0. The Balaban J connectivity index is 1.68. The van der Waals surface area contributed by atoms with Gasteiger partial charge in [0, 0.05) is 45.4 Å². The van der Waals surface area contributed by atoms with Gasteiger partial charge >= 0.3 is 0 Å². The van der Waals surface area contributed by atoms with Gasteiger partial charge in [-0.15, -0.1) is 0 Å². The molecule has 0 radical (unpaired) electrons. The van der Waals surface area contributed by atoms with Crippen molar-refractivity contribution in [3.05, 3.63) is 35.2 Å². The summed E-state index contributed by atoms with van der Waals surface area (Å²) in [7, 11) is 1.86. The fraction of sp³-hybridized carbons (Fsp3) is 0.562. The lowest BCUT2D eigenvalue weighted by Crippen LogP contribution is -2.35. The molecule has 2 aromatic rings. The van der Waals surface area contributed by atoms with Gasteiger partial charge < -0.3 is 14.0 Å². The van der Waals surface area contributed by atoms with E-state index in [2.05, 4.69) is 14.7 Å². The molecule has 2 aromatic heterocycles. The number of carbonyl (C=O) groups excluding carboxylic acids is 1. The van der Waals surface area contributed by atoms with Crippen molar-refractivity contribution in [2.45, 2.75) is 39.7 Å². The molecule has 6 heteroatoms. The molecule has 0 unspecified atom stereocenters. The van der Waals surface area contributed by atoms with Crippen LogP contribution in [-0.2, 0) is 19.4 Å². The van der Waals surface area contributed by atoms with Crippen molar-refractivity contribution in [1.82, 2.24) is 19.6 Å². The summed E-state index contributed by atoms with van der Waals surface area (Å²) in [4.78, 5) is 18.8. The topological polar surface area (TPSA) is 64.2 Å². The van der Waals surface area contributed by atoms with E-state index in [1.807, 2.05) is 33.3 Å². The second-order valence-corrected chi connectivity index (χ2v) is 6.01. The monoisotopic (exact) mass is 302 g/mol. The zero-order valence-corrected chi connectivity index (χ0v) is 13.4. The minimum absolute atomic E-state index is 0.00651. The molecule has 3 rings (SSSR count). The van der Waals surface area contributed by atoms with Gasteiger partial charge in [-0.3, -0.25) is 4.79 Å². The second-order valence-electron chi connectivity index (χ2n) is 6.01. The van der Waals surface area contributed by atoms with E-state index < -0.39 is 0 Å². The summed E-state index contributed by atoms with van der Waals surface area (Å²) in [6, 6.07) is 0. The average molecular weight is 302 g/mol. The third-order valence-corrected chi connectivity index (χ3v) is 4.38. The summed E-state index contributed by atoms with van der Waals surface area (Å²) in [5.74, 6) is 2.29. The smallest absolute Gasteiger partial charge is 0.259 e. The first kappa shape index (κ1) is 14.8. The molecule has 0 aromatic carbocycles. The molecule has 0 fully saturated rings. The molecule has 3 heterocycles. The Hall–Kier alpha value is -2.11. The lowest BCUT2D eigenvalue weighted by atomic mass is 9.98. The number of aryl methyl sites for hydroxylation is 3. The van der Waals surface area contributed by atoms with Crippen molar-refractivity contribution in [2.24, 2.45) is 5.92 Å². The molecule has 0 saturated heterocycles. The number of nitrogens with zero attached hydrogens (tertiary/aromatic N) is 4. The van der Waals surface area contributed by atoms with Gasteiger partial charge in [-0.25, -0.2) is 4.98 Å². The lowest BCUT2D eigenvalue weighted by Gasteiger charge is -2.28. The van der Waals surface area contributed by atoms with Crippen LogP contribution in [0.4, 0.5) is 0 Å². The Kier molecular flexibility index (Phi) is 4.00. The van der Waals surface area contributed by atoms with E-state index in [1.165, 1.54) is 0 Å². The number of fused-ring (bicyclic) bond motifs is 1. The van der Waals surface area contributed by atoms with Crippen LogP contribution in [0.2, 0.25) is 0 Å². The number of carbonyl (C=O) groups is 1. The molecular formula is C16H22N4O2. The Morgan fingerprint density at radius 2 is 2.36 bits per heavy atom. The van der Waals surface area contributed by atoms with Crippen molar-refractivity contribution in [3.63, 3.8) is 0 Å². The van der Waals surface area contributed by atoms with E-state index in [1.54, 1.807) is 4.90 Å². The fourth-order valence-corrected chi connectivity index (χ4v) is 3.18. The van der Waals surface area contributed by atoms with E-state index in [9.17, 15) is 4.79 Å². The van der Waals surface area contributed by atoms with Crippen molar-refractivity contribution < 1.29 is 9.32 Å². The molecule has 0 bridgehead atoms. The number of imidazole rings is 1. The zero-order valence-electron chi connectivity index (χ0n) is 13.4. The standard InChI is InChI=1S/C16H22N4O2/c1-4-13-15(11(2)18-22-13)16(21)19(3)9-12-5-6-14-17-7-8-20(14)10-12/h7-8,12H,4-6,9-10H2,1-3H3/t12-/m1/s1. The first-order valence-electron chi connectivity index (χ1n) is 7.80. The Bertz CT molecular complexity index is 673. The molecule has 1 atom stereocenters. The fourth-order valence-electron chi connectivity index (χ4n) is 3.18. The van der Waals surface area contributed by atoms with Crippen LogP contribution in [0, 0.1) is 12.8 Å². The number of hydrogen-bond acceptors (Lipinski definition) is 4. The highest BCUT2D eigenvalue weighted by atomic mass is 16.5. The minimum atomic E-state index is 0.00651. The first-order chi connectivity index (χ1) is 10.6. The predicted molar refractivity (Wildman–Crippen MR) is 81.6 cm³/mol. The summed E-state index contributed by atoms with van der Waals surface area (Å²) in [6.45, 7) is 5.46. The average Bonchev–Trinajstić information content (AvgIpc) is 3.11. The van der Waals surface area contributed by atoms with Gasteiger partial charge in [0.1, 0.15) is 17.1 Å². The molecule has 0 saturated carbocycles. The van der Waals surface area contributed by atoms with Gasteiger partial charge in [-0.05, 0) is 19.3 Å². The van der Waals surface area contributed by atoms with Crippen LogP contribution in [0.25, 0.3) is 0 Å². The molecule has 22 heavy (non-hydrogen) atoms. The summed E-state index contributed by atoms with van der Waals surface area (Å²) in [6.07, 6.45) is 6.59. The van der Waals surface area contributed by atoms with Crippen LogP contribution in [0.15, 0.2) is 16.9 Å². The summed E-state index contributed by atoms with van der Waals surface area (Å²) in [5, 5.41) is 3.93. The van der Waals surface area contributed by atoms with Crippen LogP contribution < -0.4 is 0 Å². The van der Waals surface area contributed by atoms with Gasteiger partial charge in [0.15, 0.2) is 0 Å². The van der Waals surface area contributed by atoms with Gasteiger partial charge in [-0.1, -0.05) is 12.1 Å². The van der Waals surface area contributed by atoms with Crippen molar-refractivity contribution in [1.29, 1.82) is 0 Å². The molecule has 0 aliphatic carbocycles. The highest BCUT2D eigenvalue weighted by molar-refractivity contribution is 5.96.